The summed E-state index contributed by atoms with van der Waals surface area (Å²) in [6, 6.07) is 5.81. The highest BCUT2D eigenvalue weighted by Gasteiger charge is 2.24. The normalized spacial score (nSPS) is 13.3. The van der Waals surface area contributed by atoms with E-state index in [9.17, 15) is 19.3 Å². The molecule has 2 N–H and O–H groups in total. The molecule has 1 aromatic carbocycles. The van der Waals surface area contributed by atoms with Crippen LogP contribution >= 0.6 is 7.14 Å². The molecule has 0 aliphatic rings. The number of hydrogen-bond donors (Lipinski definition) is 2. The predicted molar refractivity (Wildman–Crippen MR) is 90.0 cm³/mol. The molecule has 1 amide bonds. The van der Waals surface area contributed by atoms with E-state index in [-0.39, 0.29) is 6.42 Å². The van der Waals surface area contributed by atoms with Crippen molar-refractivity contribution in [1.82, 2.24) is 5.32 Å². The molecule has 6 nitrogen and oxygen atoms in total. The maximum absolute atomic E-state index is 12.0. The lowest BCUT2D eigenvalue weighted by Gasteiger charge is -2.22. The Bertz CT molecular complexity index is 612. The number of hydrogen-bond acceptors (Lipinski definition) is 4. The fourth-order valence-corrected chi connectivity index (χ4v) is 2.74. The summed E-state index contributed by atoms with van der Waals surface area (Å²) in [4.78, 5) is 23.0. The lowest BCUT2D eigenvalue weighted by atomic mass is 10.1. The van der Waals surface area contributed by atoms with Crippen molar-refractivity contribution in [1.29, 1.82) is 0 Å². The van der Waals surface area contributed by atoms with Gasteiger partial charge in [0.2, 0.25) is 0 Å². The van der Waals surface area contributed by atoms with Gasteiger partial charge in [-0.1, -0.05) is 24.3 Å². The van der Waals surface area contributed by atoms with E-state index in [1.54, 1.807) is 58.4 Å². The maximum Gasteiger partial charge on any atom is 0.408 e. The van der Waals surface area contributed by atoms with Crippen LogP contribution in [0.25, 0.3) is 0 Å². The summed E-state index contributed by atoms with van der Waals surface area (Å²) < 4.78 is 17.0. The van der Waals surface area contributed by atoms with Gasteiger partial charge in [0.1, 0.15) is 18.8 Å². The first-order chi connectivity index (χ1) is 10.4. The molecule has 128 valence electrons. The molecular weight excluding hydrogens is 317 g/mol. The van der Waals surface area contributed by atoms with E-state index in [0.717, 1.165) is 10.9 Å². The van der Waals surface area contributed by atoms with Gasteiger partial charge in [0.25, 0.3) is 0 Å². The van der Waals surface area contributed by atoms with Crippen LogP contribution in [0.4, 0.5) is 4.79 Å². The van der Waals surface area contributed by atoms with Crippen molar-refractivity contribution in [3.8, 4) is 0 Å². The SMILES string of the molecule is CC(C)(C)OC(=O)NC(Cc1ccc(P(C)(C)=O)cc1)C(=O)O. The summed E-state index contributed by atoms with van der Waals surface area (Å²) in [6.45, 7) is 8.46. The molecule has 1 rings (SSSR count). The van der Waals surface area contributed by atoms with Gasteiger partial charge in [0, 0.05) is 11.7 Å². The van der Waals surface area contributed by atoms with Gasteiger partial charge in [-0.2, -0.15) is 0 Å². The second-order valence-corrected chi connectivity index (χ2v) is 9.98. The summed E-state index contributed by atoms with van der Waals surface area (Å²) in [5, 5.41) is 12.3. The Morgan fingerprint density at radius 1 is 1.22 bits per heavy atom. The summed E-state index contributed by atoms with van der Waals surface area (Å²) in [7, 11) is -2.34. The molecule has 0 spiro atoms. The van der Waals surface area contributed by atoms with Crippen LogP contribution in [-0.4, -0.2) is 42.1 Å². The third-order valence-corrected chi connectivity index (χ3v) is 4.53. The number of benzene rings is 1. The van der Waals surface area contributed by atoms with Gasteiger partial charge >= 0.3 is 12.1 Å². The lowest BCUT2D eigenvalue weighted by Crippen LogP contribution is -2.44. The number of ether oxygens (including phenoxy) is 1. The number of carboxylic acids is 1. The molecule has 7 heteroatoms. The van der Waals surface area contributed by atoms with Crippen LogP contribution in [-0.2, 0) is 20.5 Å². The van der Waals surface area contributed by atoms with Gasteiger partial charge in [0.05, 0.1) is 0 Å². The molecule has 0 aromatic heterocycles. The van der Waals surface area contributed by atoms with Crippen LogP contribution in [0, 0.1) is 0 Å². The third-order valence-electron chi connectivity index (χ3n) is 2.99. The number of nitrogens with one attached hydrogen (secondary N) is 1. The summed E-state index contributed by atoms with van der Waals surface area (Å²) >= 11 is 0. The molecule has 0 aliphatic carbocycles. The van der Waals surface area contributed by atoms with Gasteiger partial charge in [-0.3, -0.25) is 0 Å². The molecule has 1 aromatic rings. The second-order valence-electron chi connectivity index (χ2n) is 6.76. The molecule has 0 bridgehead atoms. The van der Waals surface area contributed by atoms with E-state index in [2.05, 4.69) is 5.32 Å². The number of alkyl carbamates (subject to hydrolysis) is 1. The largest absolute Gasteiger partial charge is 0.480 e. The number of carbonyl (C=O) groups excluding carboxylic acids is 1. The first-order valence-corrected chi connectivity index (χ1v) is 9.85. The van der Waals surface area contributed by atoms with E-state index in [1.807, 2.05) is 0 Å². The van der Waals surface area contributed by atoms with Gasteiger partial charge in [-0.25, -0.2) is 9.59 Å². The van der Waals surface area contributed by atoms with E-state index < -0.39 is 30.8 Å². The van der Waals surface area contributed by atoms with Crippen LogP contribution in [0.1, 0.15) is 26.3 Å². The lowest BCUT2D eigenvalue weighted by molar-refractivity contribution is -0.139. The molecule has 0 radical (unpaired) electrons. The van der Waals surface area contributed by atoms with Crippen LogP contribution in [0.15, 0.2) is 24.3 Å². The maximum atomic E-state index is 12.0. The Balaban J connectivity index is 2.79. The third kappa shape index (κ3) is 6.87. The zero-order valence-corrected chi connectivity index (χ0v) is 15.0. The fraction of sp³-hybridized carbons (Fsp3) is 0.500. The Kier molecular flexibility index (Phi) is 6.00. The highest BCUT2D eigenvalue weighted by Crippen LogP contribution is 2.34. The first-order valence-electron chi connectivity index (χ1n) is 7.25. The molecule has 0 saturated heterocycles. The van der Waals surface area contributed by atoms with E-state index in [1.165, 1.54) is 0 Å². The molecule has 0 fully saturated rings. The zero-order valence-electron chi connectivity index (χ0n) is 14.1. The molecule has 23 heavy (non-hydrogen) atoms. The van der Waals surface area contributed by atoms with Crippen molar-refractivity contribution in [2.75, 3.05) is 13.3 Å². The molecule has 0 aliphatic heterocycles. The Hall–Kier alpha value is -1.81. The Labute approximate surface area is 136 Å². The first kappa shape index (κ1) is 19.2. The van der Waals surface area contributed by atoms with Crippen molar-refractivity contribution in [3.05, 3.63) is 29.8 Å². The number of amides is 1. The Morgan fingerprint density at radius 3 is 2.13 bits per heavy atom. The van der Waals surface area contributed by atoms with Gasteiger partial charge < -0.3 is 19.7 Å². The van der Waals surface area contributed by atoms with Crippen LogP contribution in [0.5, 0.6) is 0 Å². The summed E-state index contributed by atoms with van der Waals surface area (Å²) in [5.41, 5.74) is 0.0312. The minimum atomic E-state index is -2.34. The monoisotopic (exact) mass is 341 g/mol. The topological polar surface area (TPSA) is 92.7 Å². The summed E-state index contributed by atoms with van der Waals surface area (Å²) in [5.74, 6) is -1.14. The molecule has 1 unspecified atom stereocenters. The van der Waals surface area contributed by atoms with Crippen LogP contribution < -0.4 is 10.6 Å². The van der Waals surface area contributed by atoms with Crippen molar-refractivity contribution in [2.24, 2.45) is 0 Å². The minimum Gasteiger partial charge on any atom is -0.480 e. The van der Waals surface area contributed by atoms with Crippen LogP contribution in [0.2, 0.25) is 0 Å². The minimum absolute atomic E-state index is 0.118. The number of carbonyl (C=O) groups is 2. The van der Waals surface area contributed by atoms with E-state index in [4.69, 9.17) is 4.74 Å². The van der Waals surface area contributed by atoms with Gasteiger partial charge in [0.15, 0.2) is 0 Å². The van der Waals surface area contributed by atoms with E-state index >= 15 is 0 Å². The zero-order chi connectivity index (χ0) is 17.8. The van der Waals surface area contributed by atoms with Crippen molar-refractivity contribution in [2.45, 2.75) is 38.8 Å². The van der Waals surface area contributed by atoms with Crippen molar-refractivity contribution in [3.63, 3.8) is 0 Å². The van der Waals surface area contributed by atoms with Crippen LogP contribution in [0.3, 0.4) is 0 Å². The predicted octanol–water partition coefficient (Wildman–Crippen LogP) is 2.46. The van der Waals surface area contributed by atoms with Crippen molar-refractivity contribution < 1.29 is 24.0 Å². The highest BCUT2D eigenvalue weighted by molar-refractivity contribution is 7.70. The van der Waals surface area contributed by atoms with Gasteiger partial charge in [-0.05, 0) is 39.7 Å². The van der Waals surface area contributed by atoms with E-state index in [0.29, 0.717) is 0 Å². The molecule has 1 atom stereocenters. The molecular formula is C16H24NO5P. The highest BCUT2D eigenvalue weighted by atomic mass is 31.2. The average molecular weight is 341 g/mol. The number of carboxylic acid groups (broad SMARTS) is 1. The fourth-order valence-electron chi connectivity index (χ4n) is 1.88. The second kappa shape index (κ2) is 7.18. The molecule has 0 saturated carbocycles. The number of aliphatic carboxylic acids is 1. The van der Waals surface area contributed by atoms with Crippen molar-refractivity contribution >= 4 is 24.5 Å². The quantitative estimate of drug-likeness (QED) is 0.803. The standard InChI is InChI=1S/C16H24NO5P/c1-16(2,3)22-15(20)17-13(14(18)19)10-11-6-8-12(9-7-11)23(4,5)21/h6-9,13H,10H2,1-5H3,(H,17,20)(H,18,19). The van der Waals surface area contributed by atoms with Gasteiger partial charge in [-0.15, -0.1) is 0 Å². The summed E-state index contributed by atoms with van der Waals surface area (Å²) in [6.07, 6.45) is -0.653. The smallest absolute Gasteiger partial charge is 0.408 e. The average Bonchev–Trinajstić information content (AvgIpc) is 2.35. The Morgan fingerprint density at radius 2 is 1.74 bits per heavy atom. The number of rotatable bonds is 5. The molecule has 0 heterocycles.